The Kier molecular flexibility index (Phi) is 12.9. The summed E-state index contributed by atoms with van der Waals surface area (Å²) >= 11 is 0. The van der Waals surface area contributed by atoms with Crippen LogP contribution in [0.4, 0.5) is 5.69 Å². The monoisotopic (exact) mass is 447 g/mol. The Morgan fingerprint density at radius 3 is 2.62 bits per heavy atom. The molecule has 3 rings (SSSR count). The number of para-hydroxylation sites is 1. The smallest absolute Gasteiger partial charge is 0.272 e. The molecule has 1 heterocycles. The van der Waals surface area contributed by atoms with Crippen molar-refractivity contribution in [2.75, 3.05) is 39.2 Å². The van der Waals surface area contributed by atoms with Gasteiger partial charge in [0, 0.05) is 25.4 Å². The second kappa shape index (κ2) is 15.5. The van der Waals surface area contributed by atoms with E-state index in [1.807, 2.05) is 25.2 Å². The molecular weight excluding hydrogens is 414 g/mol. The van der Waals surface area contributed by atoms with E-state index in [-0.39, 0.29) is 11.5 Å². The number of nitrogens with one attached hydrogen (secondary N) is 3. The van der Waals surface area contributed by atoms with E-state index in [9.17, 15) is 10.1 Å². The molecule has 10 nitrogen and oxygen atoms in total. The van der Waals surface area contributed by atoms with Crippen molar-refractivity contribution in [2.24, 2.45) is 5.73 Å². The van der Waals surface area contributed by atoms with Gasteiger partial charge in [-0.25, -0.2) is 0 Å². The number of ether oxygens (including phenoxy) is 1. The highest BCUT2D eigenvalue weighted by molar-refractivity contribution is 5.55. The van der Waals surface area contributed by atoms with Crippen molar-refractivity contribution in [1.82, 2.24) is 10.6 Å². The molecule has 0 bridgehead atoms. The summed E-state index contributed by atoms with van der Waals surface area (Å²) in [5.74, 6) is 0.629. The molecule has 0 fully saturated rings. The average molecular weight is 448 g/mol. The first-order chi connectivity index (χ1) is 15.5. The average Bonchev–Trinajstić information content (AvgIpc) is 3.03. The van der Waals surface area contributed by atoms with Gasteiger partial charge < -0.3 is 36.6 Å². The van der Waals surface area contributed by atoms with E-state index in [0.29, 0.717) is 18.9 Å². The Balaban J connectivity index is 0.000000335. The summed E-state index contributed by atoms with van der Waals surface area (Å²) in [5, 5.41) is 35.9. The molecule has 1 aromatic carbocycles. The van der Waals surface area contributed by atoms with Gasteiger partial charge in [-0.1, -0.05) is 24.3 Å². The minimum absolute atomic E-state index is 0.0540. The predicted octanol–water partition coefficient (Wildman–Crippen LogP) is 2.11. The first kappa shape index (κ1) is 26.7. The Morgan fingerprint density at radius 2 is 2.00 bits per heavy atom. The zero-order valence-electron chi connectivity index (χ0n) is 18.5. The predicted molar refractivity (Wildman–Crippen MR) is 125 cm³/mol. The Labute approximate surface area is 188 Å². The molecule has 0 unspecified atom stereocenters. The van der Waals surface area contributed by atoms with Crippen LogP contribution in [0.5, 0.6) is 0 Å². The first-order valence-corrected chi connectivity index (χ1v) is 10.2. The van der Waals surface area contributed by atoms with Crippen LogP contribution in [0, 0.1) is 10.1 Å². The van der Waals surface area contributed by atoms with Crippen molar-refractivity contribution < 1.29 is 19.9 Å². The summed E-state index contributed by atoms with van der Waals surface area (Å²) in [6, 6.07) is 8.17. The third-order valence-corrected chi connectivity index (χ3v) is 4.28. The van der Waals surface area contributed by atoms with Crippen LogP contribution in [0.3, 0.4) is 0 Å². The lowest BCUT2D eigenvalue weighted by atomic mass is 10.1. The van der Waals surface area contributed by atoms with Crippen molar-refractivity contribution >= 4 is 5.69 Å². The van der Waals surface area contributed by atoms with Crippen molar-refractivity contribution in [1.29, 1.82) is 0 Å². The maximum Gasteiger partial charge on any atom is 0.272 e. The second-order valence-corrected chi connectivity index (χ2v) is 6.65. The molecule has 0 amide bonds. The van der Waals surface area contributed by atoms with E-state index in [1.165, 1.54) is 17.7 Å². The number of benzene rings is 1. The summed E-state index contributed by atoms with van der Waals surface area (Å²) in [6.07, 6.45) is 7.28. The van der Waals surface area contributed by atoms with Crippen molar-refractivity contribution in [3.8, 4) is 0 Å². The minimum atomic E-state index is -0.536. The summed E-state index contributed by atoms with van der Waals surface area (Å²) in [7, 11) is 2.97. The number of nitrogens with zero attached hydrogens (tertiary/aromatic N) is 1. The quantitative estimate of drug-likeness (QED) is 0.190. The van der Waals surface area contributed by atoms with Crippen LogP contribution in [0.2, 0.25) is 0 Å². The van der Waals surface area contributed by atoms with Crippen molar-refractivity contribution in [3.05, 3.63) is 87.3 Å². The van der Waals surface area contributed by atoms with Crippen LogP contribution in [0.15, 0.2) is 71.6 Å². The zero-order valence-corrected chi connectivity index (χ0v) is 18.5. The second-order valence-electron chi connectivity index (χ2n) is 6.65. The molecule has 0 saturated heterocycles. The summed E-state index contributed by atoms with van der Waals surface area (Å²) < 4.78 is 5.27. The molecule has 0 aromatic heterocycles. The molecule has 32 heavy (non-hydrogen) atoms. The highest BCUT2D eigenvalue weighted by Crippen LogP contribution is 2.21. The van der Waals surface area contributed by atoms with Gasteiger partial charge in [0.05, 0.1) is 11.0 Å². The fourth-order valence-electron chi connectivity index (χ4n) is 2.63. The molecule has 1 aromatic rings. The Bertz CT molecular complexity index is 849. The van der Waals surface area contributed by atoms with E-state index >= 15 is 0 Å². The van der Waals surface area contributed by atoms with Gasteiger partial charge in [-0.2, -0.15) is 0 Å². The number of hydrogen-bond donors (Lipinski definition) is 6. The molecule has 176 valence electrons. The molecule has 2 aliphatic rings. The third-order valence-electron chi connectivity index (χ3n) is 4.28. The summed E-state index contributed by atoms with van der Waals surface area (Å²) in [5.41, 5.74) is 8.69. The Hall–Kier alpha value is -3.34. The normalized spacial score (nSPS) is 14.2. The maximum absolute atomic E-state index is 10.2. The molecule has 0 spiro atoms. The standard InChI is InChI=1S/C14H22N4O.C7H7NO3.CH4O/c1-16-7-4-8-17-9-11-5-2-3-6-13(11)18-14-12(15)10-19-14;9-7-4-2-1-3-6(5-7)8(10)11;1-2/h2-3,5-6,16-18H,4,7-10,15H2,1H3;1,3-5,9H,2H2;2H,1H3. The number of aliphatic hydroxyl groups excluding tert-OH is 2. The molecule has 1 aliphatic heterocycles. The van der Waals surface area contributed by atoms with Crippen LogP contribution in [-0.2, 0) is 11.3 Å². The number of allylic oxidation sites excluding steroid dienone is 4. The number of nitro groups is 1. The third kappa shape index (κ3) is 9.65. The van der Waals surface area contributed by atoms with Crippen molar-refractivity contribution in [3.63, 3.8) is 0 Å². The molecule has 0 radical (unpaired) electrons. The molecule has 0 saturated carbocycles. The van der Waals surface area contributed by atoms with E-state index in [0.717, 1.165) is 50.6 Å². The highest BCUT2D eigenvalue weighted by Gasteiger charge is 2.16. The first-order valence-electron chi connectivity index (χ1n) is 10.2. The number of hydrogen-bond acceptors (Lipinski definition) is 9. The fraction of sp³-hybridized carbons (Fsp3) is 0.364. The maximum atomic E-state index is 10.2. The van der Waals surface area contributed by atoms with Gasteiger partial charge in [-0.05, 0) is 50.7 Å². The summed E-state index contributed by atoms with van der Waals surface area (Å²) in [4.78, 5) is 9.66. The zero-order chi connectivity index (χ0) is 23.8. The SMILES string of the molecule is CNCCCNCc1ccccc1NC1=C(N)CO1.CO.O=[N+]([O-])C1=CC(O)=CCC=C1. The van der Waals surface area contributed by atoms with E-state index < -0.39 is 4.92 Å². The van der Waals surface area contributed by atoms with Gasteiger partial charge in [0.1, 0.15) is 18.1 Å². The van der Waals surface area contributed by atoms with Gasteiger partial charge in [0.25, 0.3) is 5.70 Å². The van der Waals surface area contributed by atoms with Crippen LogP contribution < -0.4 is 21.7 Å². The lowest BCUT2D eigenvalue weighted by molar-refractivity contribution is -0.419. The molecule has 7 N–H and O–H groups in total. The lowest BCUT2D eigenvalue weighted by Crippen LogP contribution is -2.26. The van der Waals surface area contributed by atoms with E-state index in [2.05, 4.69) is 22.0 Å². The topological polar surface area (TPSA) is 155 Å². The van der Waals surface area contributed by atoms with Gasteiger partial charge in [-0.3, -0.25) is 10.1 Å². The van der Waals surface area contributed by atoms with Crippen molar-refractivity contribution in [2.45, 2.75) is 19.4 Å². The van der Waals surface area contributed by atoms with Gasteiger partial charge in [0.2, 0.25) is 5.88 Å². The largest absolute Gasteiger partial charge is 0.508 e. The Morgan fingerprint density at radius 1 is 1.25 bits per heavy atom. The molecule has 10 heteroatoms. The number of nitrogens with two attached hydrogens (primary N) is 1. The minimum Gasteiger partial charge on any atom is -0.508 e. The highest BCUT2D eigenvalue weighted by atomic mass is 16.6. The number of rotatable bonds is 9. The molecule has 1 aliphatic carbocycles. The van der Waals surface area contributed by atoms with Gasteiger partial charge in [-0.15, -0.1) is 0 Å². The molecular formula is C22H33N5O5. The van der Waals surface area contributed by atoms with Crippen LogP contribution in [0.1, 0.15) is 18.4 Å². The van der Waals surface area contributed by atoms with Gasteiger partial charge in [0.15, 0.2) is 0 Å². The van der Waals surface area contributed by atoms with Crippen LogP contribution in [0.25, 0.3) is 0 Å². The number of aliphatic hydroxyl groups is 2. The van der Waals surface area contributed by atoms with Crippen LogP contribution in [-0.4, -0.2) is 49.0 Å². The summed E-state index contributed by atoms with van der Waals surface area (Å²) in [6.45, 7) is 3.38. The van der Waals surface area contributed by atoms with E-state index in [4.69, 9.17) is 20.7 Å². The van der Waals surface area contributed by atoms with Crippen LogP contribution >= 0.6 is 0 Å². The van der Waals surface area contributed by atoms with E-state index in [1.54, 1.807) is 6.08 Å². The molecule has 0 atom stereocenters. The lowest BCUT2D eigenvalue weighted by Gasteiger charge is -2.23. The number of anilines is 1. The van der Waals surface area contributed by atoms with Gasteiger partial charge >= 0.3 is 0 Å². The fourth-order valence-corrected chi connectivity index (χ4v) is 2.63.